The molecule has 1 amide bonds. The first-order chi connectivity index (χ1) is 8.99. The molecule has 0 heterocycles. The maximum Gasteiger partial charge on any atom is 0.251 e. The number of carbonyl (C=O) groups is 1. The highest BCUT2D eigenvalue weighted by molar-refractivity contribution is 9.11. The fourth-order valence-corrected chi connectivity index (χ4v) is 2.74. The fraction of sp³-hybridized carbons (Fsp3) is 0.500. The van der Waals surface area contributed by atoms with Crippen molar-refractivity contribution < 1.29 is 9.53 Å². The van der Waals surface area contributed by atoms with Crippen LogP contribution >= 0.6 is 31.9 Å². The predicted molar refractivity (Wildman–Crippen MR) is 84.4 cm³/mol. The third-order valence-corrected chi connectivity index (χ3v) is 3.41. The first-order valence-electron chi connectivity index (χ1n) is 6.31. The van der Waals surface area contributed by atoms with Crippen LogP contribution in [0, 0.1) is 5.92 Å². The quantitative estimate of drug-likeness (QED) is 0.712. The van der Waals surface area contributed by atoms with E-state index in [9.17, 15) is 4.79 Å². The van der Waals surface area contributed by atoms with E-state index in [2.05, 4.69) is 51.0 Å². The zero-order valence-corrected chi connectivity index (χ0v) is 14.4. The first kappa shape index (κ1) is 16.7. The molecule has 0 aliphatic rings. The van der Waals surface area contributed by atoms with E-state index in [0.717, 1.165) is 22.0 Å². The molecular weight excluding hydrogens is 374 g/mol. The second-order valence-corrected chi connectivity index (χ2v) is 6.54. The number of ether oxygens (including phenoxy) is 1. The van der Waals surface area contributed by atoms with E-state index < -0.39 is 0 Å². The Balaban J connectivity index is 2.27. The SMILES string of the molecule is CC(C)CCOCCNC(=O)c1cc(Br)cc(Br)c1. The zero-order valence-electron chi connectivity index (χ0n) is 11.2. The smallest absolute Gasteiger partial charge is 0.251 e. The molecule has 0 saturated heterocycles. The van der Waals surface area contributed by atoms with E-state index in [1.165, 1.54) is 0 Å². The van der Waals surface area contributed by atoms with Gasteiger partial charge in [0.25, 0.3) is 5.91 Å². The lowest BCUT2D eigenvalue weighted by atomic mass is 10.1. The van der Waals surface area contributed by atoms with E-state index in [-0.39, 0.29) is 5.91 Å². The average molecular weight is 393 g/mol. The van der Waals surface area contributed by atoms with Crippen molar-refractivity contribution in [1.82, 2.24) is 5.32 Å². The van der Waals surface area contributed by atoms with Crippen molar-refractivity contribution in [3.8, 4) is 0 Å². The predicted octanol–water partition coefficient (Wildman–Crippen LogP) is 4.00. The van der Waals surface area contributed by atoms with Gasteiger partial charge in [0.15, 0.2) is 0 Å². The second-order valence-electron chi connectivity index (χ2n) is 4.71. The van der Waals surface area contributed by atoms with Crippen molar-refractivity contribution in [2.24, 2.45) is 5.92 Å². The van der Waals surface area contributed by atoms with E-state index in [1.54, 1.807) is 12.1 Å². The third-order valence-electron chi connectivity index (χ3n) is 2.50. The van der Waals surface area contributed by atoms with Crippen LogP contribution < -0.4 is 5.32 Å². The molecule has 0 bridgehead atoms. The molecule has 0 saturated carbocycles. The third kappa shape index (κ3) is 7.09. The maximum absolute atomic E-state index is 11.9. The Morgan fingerprint density at radius 3 is 2.42 bits per heavy atom. The molecule has 3 nitrogen and oxygen atoms in total. The fourth-order valence-electron chi connectivity index (χ4n) is 1.44. The van der Waals surface area contributed by atoms with Gasteiger partial charge in [0.05, 0.1) is 6.61 Å². The lowest BCUT2D eigenvalue weighted by Crippen LogP contribution is -2.27. The number of hydrogen-bond acceptors (Lipinski definition) is 2. The molecule has 0 atom stereocenters. The summed E-state index contributed by atoms with van der Waals surface area (Å²) in [6.45, 7) is 6.15. The zero-order chi connectivity index (χ0) is 14.3. The summed E-state index contributed by atoms with van der Waals surface area (Å²) >= 11 is 6.72. The molecule has 19 heavy (non-hydrogen) atoms. The van der Waals surface area contributed by atoms with Crippen LogP contribution in [0.1, 0.15) is 30.6 Å². The highest BCUT2D eigenvalue weighted by atomic mass is 79.9. The van der Waals surface area contributed by atoms with Gasteiger partial charge in [0, 0.05) is 27.7 Å². The Bertz CT molecular complexity index is 402. The Hall–Kier alpha value is -0.390. The Labute approximate surface area is 131 Å². The van der Waals surface area contributed by atoms with Crippen LogP contribution in [-0.4, -0.2) is 25.7 Å². The van der Waals surface area contributed by atoms with E-state index in [4.69, 9.17) is 4.74 Å². The topological polar surface area (TPSA) is 38.3 Å². The van der Waals surface area contributed by atoms with Crippen molar-refractivity contribution in [2.75, 3.05) is 19.8 Å². The molecular formula is C14H19Br2NO2. The van der Waals surface area contributed by atoms with E-state index in [0.29, 0.717) is 24.6 Å². The van der Waals surface area contributed by atoms with Crippen molar-refractivity contribution in [1.29, 1.82) is 0 Å². The van der Waals surface area contributed by atoms with Gasteiger partial charge >= 0.3 is 0 Å². The van der Waals surface area contributed by atoms with Crippen LogP contribution in [0.15, 0.2) is 27.1 Å². The normalized spacial score (nSPS) is 10.8. The number of hydrogen-bond donors (Lipinski definition) is 1. The summed E-state index contributed by atoms with van der Waals surface area (Å²) in [4.78, 5) is 11.9. The summed E-state index contributed by atoms with van der Waals surface area (Å²) in [6.07, 6.45) is 1.05. The summed E-state index contributed by atoms with van der Waals surface area (Å²) in [5.41, 5.74) is 0.628. The number of benzene rings is 1. The molecule has 0 radical (unpaired) electrons. The van der Waals surface area contributed by atoms with Crippen LogP contribution in [0.3, 0.4) is 0 Å². The van der Waals surface area contributed by atoms with Crippen LogP contribution in [0.2, 0.25) is 0 Å². The second kappa shape index (κ2) is 8.72. The minimum Gasteiger partial charge on any atom is -0.380 e. The molecule has 0 unspecified atom stereocenters. The minimum absolute atomic E-state index is 0.0885. The summed E-state index contributed by atoms with van der Waals surface area (Å²) in [7, 11) is 0. The minimum atomic E-state index is -0.0885. The molecule has 106 valence electrons. The Morgan fingerprint density at radius 2 is 1.84 bits per heavy atom. The number of nitrogens with one attached hydrogen (secondary N) is 1. The summed E-state index contributed by atoms with van der Waals surface area (Å²) in [6, 6.07) is 5.48. The molecule has 0 aliphatic heterocycles. The Morgan fingerprint density at radius 1 is 1.21 bits per heavy atom. The largest absolute Gasteiger partial charge is 0.380 e. The molecule has 0 aromatic heterocycles. The molecule has 0 spiro atoms. The van der Waals surface area contributed by atoms with Gasteiger partial charge in [-0.1, -0.05) is 45.7 Å². The highest BCUT2D eigenvalue weighted by Gasteiger charge is 2.06. The number of rotatable bonds is 7. The molecule has 1 aromatic carbocycles. The van der Waals surface area contributed by atoms with E-state index >= 15 is 0 Å². The van der Waals surface area contributed by atoms with Crippen LogP contribution in [0.5, 0.6) is 0 Å². The summed E-state index contributed by atoms with van der Waals surface area (Å²) in [5.74, 6) is 0.558. The van der Waals surface area contributed by atoms with Crippen LogP contribution in [0.4, 0.5) is 0 Å². The standard InChI is InChI=1S/C14H19Br2NO2/c1-10(2)3-5-19-6-4-17-14(18)11-7-12(15)9-13(16)8-11/h7-10H,3-6H2,1-2H3,(H,17,18). The van der Waals surface area contributed by atoms with Gasteiger partial charge in [-0.05, 0) is 30.5 Å². The lowest BCUT2D eigenvalue weighted by molar-refractivity contribution is 0.0905. The maximum atomic E-state index is 11.9. The van der Waals surface area contributed by atoms with Crippen molar-refractivity contribution in [3.63, 3.8) is 0 Å². The first-order valence-corrected chi connectivity index (χ1v) is 7.89. The molecule has 1 aromatic rings. The van der Waals surface area contributed by atoms with Gasteiger partial charge < -0.3 is 10.1 Å². The van der Waals surface area contributed by atoms with Crippen LogP contribution in [0.25, 0.3) is 0 Å². The molecule has 1 N–H and O–H groups in total. The van der Waals surface area contributed by atoms with Gasteiger partial charge in [0.1, 0.15) is 0 Å². The van der Waals surface area contributed by atoms with E-state index in [1.807, 2.05) is 6.07 Å². The van der Waals surface area contributed by atoms with Gasteiger partial charge in [-0.15, -0.1) is 0 Å². The number of carbonyl (C=O) groups excluding carboxylic acids is 1. The molecule has 0 aliphatic carbocycles. The van der Waals surface area contributed by atoms with Crippen molar-refractivity contribution in [2.45, 2.75) is 20.3 Å². The van der Waals surface area contributed by atoms with Gasteiger partial charge in [-0.25, -0.2) is 0 Å². The van der Waals surface area contributed by atoms with Crippen molar-refractivity contribution >= 4 is 37.8 Å². The van der Waals surface area contributed by atoms with Gasteiger partial charge in [-0.2, -0.15) is 0 Å². The number of amides is 1. The summed E-state index contributed by atoms with van der Waals surface area (Å²) in [5, 5.41) is 2.84. The van der Waals surface area contributed by atoms with Crippen LogP contribution in [-0.2, 0) is 4.74 Å². The number of halogens is 2. The monoisotopic (exact) mass is 391 g/mol. The molecule has 0 fully saturated rings. The highest BCUT2D eigenvalue weighted by Crippen LogP contribution is 2.19. The molecule has 1 rings (SSSR count). The molecule has 5 heteroatoms. The van der Waals surface area contributed by atoms with Gasteiger partial charge in [0.2, 0.25) is 0 Å². The lowest BCUT2D eigenvalue weighted by Gasteiger charge is -2.08. The average Bonchev–Trinajstić information content (AvgIpc) is 2.31. The Kier molecular flexibility index (Phi) is 7.64. The summed E-state index contributed by atoms with van der Waals surface area (Å²) < 4.78 is 7.20. The van der Waals surface area contributed by atoms with Crippen molar-refractivity contribution in [3.05, 3.63) is 32.7 Å². The van der Waals surface area contributed by atoms with Gasteiger partial charge in [-0.3, -0.25) is 4.79 Å².